The molecule has 0 aliphatic heterocycles. The number of carbonyl (C=O) groups is 1. The van der Waals surface area contributed by atoms with E-state index < -0.39 is 12.1 Å². The molecule has 0 aliphatic rings. The Kier molecular flexibility index (Phi) is 4.81. The fourth-order valence-corrected chi connectivity index (χ4v) is 1.68. The van der Waals surface area contributed by atoms with E-state index in [2.05, 4.69) is 10.1 Å². The third-order valence-electron chi connectivity index (χ3n) is 2.59. The number of pyridine rings is 2. The van der Waals surface area contributed by atoms with Gasteiger partial charge in [-0.2, -0.15) is 18.3 Å². The van der Waals surface area contributed by atoms with Gasteiger partial charge >= 0.3 is 12.1 Å². The van der Waals surface area contributed by atoms with Crippen molar-refractivity contribution >= 4 is 17.5 Å². The van der Waals surface area contributed by atoms with Crippen LogP contribution in [0.1, 0.15) is 5.56 Å². The van der Waals surface area contributed by atoms with Crippen molar-refractivity contribution in [1.29, 1.82) is 0 Å². The molecule has 0 saturated heterocycles. The van der Waals surface area contributed by atoms with Gasteiger partial charge in [-0.25, -0.2) is 10.4 Å². The second-order valence-corrected chi connectivity index (χ2v) is 4.61. The van der Waals surface area contributed by atoms with Crippen LogP contribution >= 0.6 is 11.6 Å². The third-order valence-corrected chi connectivity index (χ3v) is 2.81. The summed E-state index contributed by atoms with van der Waals surface area (Å²) in [7, 11) is 0. The number of alkyl halides is 3. The summed E-state index contributed by atoms with van der Waals surface area (Å²) in [5.74, 6) is -2.13. The maximum Gasteiger partial charge on any atom is 0.473 e. The van der Waals surface area contributed by atoms with Gasteiger partial charge in [0.15, 0.2) is 5.49 Å². The monoisotopic (exact) mass is 330 g/mol. The van der Waals surface area contributed by atoms with Crippen molar-refractivity contribution in [3.8, 4) is 0 Å². The van der Waals surface area contributed by atoms with E-state index in [1.165, 1.54) is 11.5 Å². The largest absolute Gasteiger partial charge is 0.473 e. The lowest BCUT2D eigenvalue weighted by Crippen LogP contribution is -2.36. The number of aromatic nitrogens is 2. The molecule has 0 radical (unpaired) electrons. The predicted molar refractivity (Wildman–Crippen MR) is 72.5 cm³/mol. The van der Waals surface area contributed by atoms with Crippen LogP contribution in [-0.2, 0) is 11.3 Å². The van der Waals surface area contributed by atoms with Crippen LogP contribution in [0.4, 0.5) is 13.2 Å². The second kappa shape index (κ2) is 6.61. The normalized spacial score (nSPS) is 12.3. The molecular formula is C13H10ClF3N4O. The van der Waals surface area contributed by atoms with Gasteiger partial charge in [-0.1, -0.05) is 23.7 Å². The molecule has 116 valence electrons. The Morgan fingerprint density at radius 3 is 2.73 bits per heavy atom. The predicted octanol–water partition coefficient (Wildman–Crippen LogP) is 2.08. The quantitative estimate of drug-likeness (QED) is 0.692. The molecule has 0 aromatic carbocycles. The molecule has 0 unspecified atom stereocenters. The van der Waals surface area contributed by atoms with Crippen LogP contribution in [0.2, 0.25) is 5.15 Å². The zero-order chi connectivity index (χ0) is 16.2. The van der Waals surface area contributed by atoms with Gasteiger partial charge in [0.2, 0.25) is 0 Å². The summed E-state index contributed by atoms with van der Waals surface area (Å²) in [5, 5.41) is 3.82. The third kappa shape index (κ3) is 4.32. The highest BCUT2D eigenvalue weighted by Gasteiger charge is 2.38. The van der Waals surface area contributed by atoms with Gasteiger partial charge in [-0.05, 0) is 23.8 Å². The van der Waals surface area contributed by atoms with Crippen molar-refractivity contribution in [2.45, 2.75) is 12.7 Å². The van der Waals surface area contributed by atoms with E-state index in [-0.39, 0.29) is 5.49 Å². The second-order valence-electron chi connectivity index (χ2n) is 4.23. The van der Waals surface area contributed by atoms with Crippen molar-refractivity contribution in [3.05, 3.63) is 58.9 Å². The first kappa shape index (κ1) is 16.0. The summed E-state index contributed by atoms with van der Waals surface area (Å²) in [5.41, 5.74) is 2.42. The lowest BCUT2D eigenvalue weighted by molar-refractivity contribution is -0.173. The first-order valence-corrected chi connectivity index (χ1v) is 6.41. The number of rotatable bonds is 3. The summed E-state index contributed by atoms with van der Waals surface area (Å²) >= 11 is 5.68. The standard InChI is InChI=1S/C13H10ClF3N4O/c14-10-5-4-9(7-18-10)8-21-6-2-1-3-11(21)19-20-12(22)13(15,16)17/h1-7H,8H2,(H,20,22). The molecule has 9 heteroatoms. The maximum absolute atomic E-state index is 12.1. The minimum atomic E-state index is -4.98. The molecule has 2 aromatic rings. The average molecular weight is 331 g/mol. The maximum atomic E-state index is 12.1. The summed E-state index contributed by atoms with van der Waals surface area (Å²) < 4.78 is 38.0. The van der Waals surface area contributed by atoms with Gasteiger partial charge in [0, 0.05) is 12.4 Å². The van der Waals surface area contributed by atoms with Crippen LogP contribution in [-0.4, -0.2) is 21.6 Å². The van der Waals surface area contributed by atoms with Gasteiger partial charge in [-0.3, -0.25) is 4.79 Å². The summed E-state index contributed by atoms with van der Waals surface area (Å²) in [4.78, 5) is 14.7. The van der Waals surface area contributed by atoms with E-state index >= 15 is 0 Å². The molecule has 0 spiro atoms. The van der Waals surface area contributed by atoms with Gasteiger partial charge in [-0.15, -0.1) is 0 Å². The highest BCUT2D eigenvalue weighted by Crippen LogP contribution is 2.13. The molecule has 0 aliphatic carbocycles. The topological polar surface area (TPSA) is 59.3 Å². The number of nitrogens with zero attached hydrogens (tertiary/aromatic N) is 3. The Bertz CT molecular complexity index is 725. The summed E-state index contributed by atoms with van der Waals surface area (Å²) in [6.07, 6.45) is -1.82. The molecule has 0 saturated carbocycles. The molecule has 2 aromatic heterocycles. The van der Waals surface area contributed by atoms with E-state index in [9.17, 15) is 18.0 Å². The lowest BCUT2D eigenvalue weighted by atomic mass is 10.3. The summed E-state index contributed by atoms with van der Waals surface area (Å²) in [6.45, 7) is 0.311. The molecule has 1 N–H and O–H groups in total. The first-order chi connectivity index (χ1) is 10.4. The Hall–Kier alpha value is -2.35. The van der Waals surface area contributed by atoms with Crippen molar-refractivity contribution < 1.29 is 18.0 Å². The fourth-order valence-electron chi connectivity index (χ4n) is 1.57. The Morgan fingerprint density at radius 1 is 1.32 bits per heavy atom. The van der Waals surface area contributed by atoms with Crippen LogP contribution in [0.3, 0.4) is 0 Å². The van der Waals surface area contributed by atoms with Crippen LogP contribution < -0.4 is 10.9 Å². The zero-order valence-electron chi connectivity index (χ0n) is 11.0. The van der Waals surface area contributed by atoms with Crippen molar-refractivity contribution in [2.24, 2.45) is 5.10 Å². The number of amides is 1. The molecule has 2 rings (SSSR count). The molecule has 0 bridgehead atoms. The fraction of sp³-hybridized carbons (Fsp3) is 0.154. The number of hydrogen-bond acceptors (Lipinski definition) is 3. The highest BCUT2D eigenvalue weighted by atomic mass is 35.5. The van der Waals surface area contributed by atoms with Crippen LogP contribution in [0.15, 0.2) is 47.8 Å². The highest BCUT2D eigenvalue weighted by molar-refractivity contribution is 6.29. The Balaban J connectivity index is 2.23. The Labute approximate surface area is 128 Å². The number of hydrogen-bond donors (Lipinski definition) is 1. The first-order valence-electron chi connectivity index (χ1n) is 6.03. The van der Waals surface area contributed by atoms with E-state index in [0.717, 1.165) is 5.56 Å². The van der Waals surface area contributed by atoms with Crippen LogP contribution in [0, 0.1) is 0 Å². The molecular weight excluding hydrogens is 321 g/mol. The smallest absolute Gasteiger partial charge is 0.327 e. The zero-order valence-corrected chi connectivity index (χ0v) is 11.8. The van der Waals surface area contributed by atoms with E-state index in [1.807, 2.05) is 0 Å². The van der Waals surface area contributed by atoms with Gasteiger partial charge in [0.05, 0.1) is 6.54 Å². The molecule has 1 amide bonds. The van der Waals surface area contributed by atoms with Crippen molar-refractivity contribution in [1.82, 2.24) is 15.0 Å². The van der Waals surface area contributed by atoms with E-state index in [1.54, 1.807) is 41.2 Å². The minimum Gasteiger partial charge on any atom is -0.327 e. The SMILES string of the molecule is O=C(NN=c1ccccn1Cc1ccc(Cl)nc1)C(F)(F)F. The van der Waals surface area contributed by atoms with Crippen molar-refractivity contribution in [3.63, 3.8) is 0 Å². The number of nitrogens with one attached hydrogen (secondary N) is 1. The molecule has 0 fully saturated rings. The molecule has 2 heterocycles. The molecule has 22 heavy (non-hydrogen) atoms. The van der Waals surface area contributed by atoms with E-state index in [4.69, 9.17) is 11.6 Å². The van der Waals surface area contributed by atoms with Crippen LogP contribution in [0.5, 0.6) is 0 Å². The molecule has 0 atom stereocenters. The summed E-state index contributed by atoms with van der Waals surface area (Å²) in [6, 6.07) is 8.08. The van der Waals surface area contributed by atoms with Gasteiger partial charge in [0.25, 0.3) is 0 Å². The van der Waals surface area contributed by atoms with Gasteiger partial charge < -0.3 is 4.57 Å². The van der Waals surface area contributed by atoms with E-state index in [0.29, 0.717) is 11.7 Å². The number of halogens is 4. The van der Waals surface area contributed by atoms with Crippen molar-refractivity contribution in [2.75, 3.05) is 0 Å². The van der Waals surface area contributed by atoms with Crippen LogP contribution in [0.25, 0.3) is 0 Å². The average Bonchev–Trinajstić information content (AvgIpc) is 2.47. The number of carbonyl (C=O) groups excluding carboxylic acids is 1. The van der Waals surface area contributed by atoms with Gasteiger partial charge in [0.1, 0.15) is 5.15 Å². The molecule has 5 nitrogen and oxygen atoms in total. The lowest BCUT2D eigenvalue weighted by Gasteiger charge is -2.08. The Morgan fingerprint density at radius 2 is 2.09 bits per heavy atom. The minimum absolute atomic E-state index is 0.162.